The smallest absolute Gasteiger partial charge is 0.327 e. The van der Waals surface area contributed by atoms with E-state index in [2.05, 4.69) is 4.84 Å². The fourth-order valence-electron chi connectivity index (χ4n) is 1.15. The molecule has 1 aromatic rings. The van der Waals surface area contributed by atoms with Crippen LogP contribution in [0.4, 0.5) is 0 Å². The number of nitrogens with one attached hydrogen (secondary N) is 1. The molecule has 18 heavy (non-hydrogen) atoms. The maximum absolute atomic E-state index is 11.2. The summed E-state index contributed by atoms with van der Waals surface area (Å²) in [7, 11) is -3.17. The molecule has 6 nitrogen and oxygen atoms in total. The monoisotopic (exact) mass is 290 g/mol. The third-order valence-electron chi connectivity index (χ3n) is 2.00. The van der Waals surface area contributed by atoms with Gasteiger partial charge in [0.2, 0.25) is 0 Å². The van der Waals surface area contributed by atoms with E-state index in [9.17, 15) is 13.2 Å². The van der Waals surface area contributed by atoms with Crippen LogP contribution in [0.2, 0.25) is 0 Å². The lowest BCUT2D eigenvalue weighted by atomic mass is 10.4. The molecule has 0 aliphatic heterocycles. The Hall–Kier alpha value is -1.09. The Morgan fingerprint density at radius 2 is 2.00 bits per heavy atom. The fourth-order valence-corrected chi connectivity index (χ4v) is 2.62. The van der Waals surface area contributed by atoms with Gasteiger partial charge in [0.1, 0.15) is 0 Å². The number of thioether (sulfide) groups is 1. The van der Waals surface area contributed by atoms with Crippen LogP contribution in [0, 0.1) is 0 Å². The molecule has 0 aromatic heterocycles. The van der Waals surface area contributed by atoms with E-state index < -0.39 is 15.8 Å². The topological polar surface area (TPSA) is 98.5 Å². The molecule has 0 saturated heterocycles. The van der Waals surface area contributed by atoms with Crippen LogP contribution in [0.3, 0.4) is 0 Å². The number of sulfone groups is 1. The van der Waals surface area contributed by atoms with E-state index in [1.165, 1.54) is 23.9 Å². The predicted octanol–water partition coefficient (Wildman–Crippen LogP) is 0.494. The maximum Gasteiger partial charge on any atom is 0.327 e. The van der Waals surface area contributed by atoms with Gasteiger partial charge in [-0.15, -0.1) is 11.8 Å². The van der Waals surface area contributed by atoms with E-state index >= 15 is 0 Å². The normalized spacial score (nSPS) is 11.2. The van der Waals surface area contributed by atoms with Crippen molar-refractivity contribution in [1.29, 1.82) is 0 Å². The number of carbonyl (C=O) groups is 1. The van der Waals surface area contributed by atoms with Crippen LogP contribution in [0.15, 0.2) is 34.1 Å². The Morgan fingerprint density at radius 1 is 1.39 bits per heavy atom. The molecular weight excluding hydrogens is 276 g/mol. The van der Waals surface area contributed by atoms with Gasteiger partial charge in [-0.1, -0.05) is 5.59 Å². The van der Waals surface area contributed by atoms with Crippen LogP contribution in [0.1, 0.15) is 6.42 Å². The largest absolute Gasteiger partial charge is 0.356 e. The molecule has 0 heterocycles. The summed E-state index contributed by atoms with van der Waals surface area (Å²) in [6.45, 7) is 0. The summed E-state index contributed by atoms with van der Waals surface area (Å²) in [5.74, 6) is 4.89. The van der Waals surface area contributed by atoms with Crippen LogP contribution in [0.5, 0.6) is 0 Å². The predicted molar refractivity (Wildman–Crippen MR) is 68.3 cm³/mol. The zero-order valence-corrected chi connectivity index (χ0v) is 11.4. The van der Waals surface area contributed by atoms with Crippen LogP contribution in [0.25, 0.3) is 0 Å². The van der Waals surface area contributed by atoms with Crippen LogP contribution in [-0.4, -0.2) is 26.4 Å². The minimum Gasteiger partial charge on any atom is -0.356 e. The first-order valence-corrected chi connectivity index (χ1v) is 7.89. The lowest BCUT2D eigenvalue weighted by Crippen LogP contribution is -2.26. The number of hydrogen-bond acceptors (Lipinski definition) is 7. The summed E-state index contributed by atoms with van der Waals surface area (Å²) >= 11 is 1.43. The Morgan fingerprint density at radius 3 is 2.50 bits per heavy atom. The van der Waals surface area contributed by atoms with Crippen molar-refractivity contribution in [2.24, 2.45) is 5.84 Å². The molecule has 0 bridgehead atoms. The molecule has 1 aromatic carbocycles. The van der Waals surface area contributed by atoms with Crippen LogP contribution >= 0.6 is 11.8 Å². The number of hydrogen-bond donors (Lipinski definition) is 2. The summed E-state index contributed by atoms with van der Waals surface area (Å²) in [5.41, 5.74) is 1.81. The summed E-state index contributed by atoms with van der Waals surface area (Å²) in [5, 5.41) is 0. The summed E-state index contributed by atoms with van der Waals surface area (Å²) in [6.07, 6.45) is 1.37. The van der Waals surface area contributed by atoms with E-state index in [0.29, 0.717) is 5.75 Å². The van der Waals surface area contributed by atoms with Crippen LogP contribution < -0.4 is 11.4 Å². The Labute approximate surface area is 110 Å². The van der Waals surface area contributed by atoms with Crippen molar-refractivity contribution in [2.75, 3.05) is 12.0 Å². The van der Waals surface area contributed by atoms with E-state index in [-0.39, 0.29) is 11.3 Å². The van der Waals surface area contributed by atoms with Gasteiger partial charge in [-0.3, -0.25) is 4.79 Å². The molecule has 0 amide bonds. The molecule has 3 N–H and O–H groups in total. The van der Waals surface area contributed by atoms with Crippen LogP contribution in [-0.2, 0) is 19.5 Å². The maximum atomic E-state index is 11.2. The standard InChI is InChI=1S/C10H14N2O4S2/c1-18(14,15)9-4-2-8(3-5-9)17-7-6-10(13)16-12-11/h2-5,12H,6-7,11H2,1H3. The average Bonchev–Trinajstić information content (AvgIpc) is 2.29. The Balaban J connectivity index is 2.47. The van der Waals surface area contributed by atoms with Gasteiger partial charge in [0.05, 0.1) is 11.3 Å². The average molecular weight is 290 g/mol. The van der Waals surface area contributed by atoms with Gasteiger partial charge in [0.25, 0.3) is 0 Å². The van der Waals surface area contributed by atoms with Crippen molar-refractivity contribution in [1.82, 2.24) is 5.59 Å². The minimum atomic E-state index is -3.17. The van der Waals surface area contributed by atoms with Gasteiger partial charge in [-0.05, 0) is 24.3 Å². The molecule has 0 aliphatic carbocycles. The zero-order valence-electron chi connectivity index (χ0n) is 9.75. The molecule has 8 heteroatoms. The van der Waals surface area contributed by atoms with Crippen molar-refractivity contribution < 1.29 is 18.0 Å². The molecule has 0 saturated carbocycles. The second-order valence-electron chi connectivity index (χ2n) is 3.43. The van der Waals surface area contributed by atoms with Crippen molar-refractivity contribution in [3.05, 3.63) is 24.3 Å². The third kappa shape index (κ3) is 5.05. The molecule has 0 unspecified atom stereocenters. The highest BCUT2D eigenvalue weighted by Gasteiger charge is 2.07. The van der Waals surface area contributed by atoms with E-state index in [4.69, 9.17) is 5.84 Å². The van der Waals surface area contributed by atoms with Gasteiger partial charge >= 0.3 is 5.97 Å². The van der Waals surface area contributed by atoms with E-state index in [1.54, 1.807) is 12.1 Å². The van der Waals surface area contributed by atoms with Crippen molar-refractivity contribution in [3.8, 4) is 0 Å². The third-order valence-corrected chi connectivity index (χ3v) is 4.14. The second-order valence-corrected chi connectivity index (χ2v) is 6.62. The molecule has 0 radical (unpaired) electrons. The molecule has 100 valence electrons. The second kappa shape index (κ2) is 6.74. The first kappa shape index (κ1) is 15.0. The lowest BCUT2D eigenvalue weighted by Gasteiger charge is -2.03. The van der Waals surface area contributed by atoms with Gasteiger partial charge < -0.3 is 4.84 Å². The highest BCUT2D eigenvalue weighted by molar-refractivity contribution is 7.99. The SMILES string of the molecule is CS(=O)(=O)c1ccc(SCCC(=O)ONN)cc1. The van der Waals surface area contributed by atoms with Gasteiger partial charge in [0, 0.05) is 16.9 Å². The Bertz CT molecular complexity index is 499. The number of carbonyl (C=O) groups excluding carboxylic acids is 1. The van der Waals surface area contributed by atoms with Crippen molar-refractivity contribution in [3.63, 3.8) is 0 Å². The molecule has 0 atom stereocenters. The fraction of sp³-hybridized carbons (Fsp3) is 0.300. The number of hydrazine groups is 1. The number of nitrogens with two attached hydrogens (primary N) is 1. The highest BCUT2D eigenvalue weighted by atomic mass is 32.2. The quantitative estimate of drug-likeness (QED) is 0.447. The van der Waals surface area contributed by atoms with E-state index in [0.717, 1.165) is 11.2 Å². The molecular formula is C10H14N2O4S2. The van der Waals surface area contributed by atoms with Gasteiger partial charge in [-0.25, -0.2) is 14.3 Å². The first-order valence-electron chi connectivity index (χ1n) is 5.01. The molecule has 0 aliphatic rings. The summed E-state index contributed by atoms with van der Waals surface area (Å²) in [4.78, 5) is 16.5. The van der Waals surface area contributed by atoms with Crippen molar-refractivity contribution in [2.45, 2.75) is 16.2 Å². The van der Waals surface area contributed by atoms with Gasteiger partial charge in [-0.2, -0.15) is 0 Å². The number of rotatable bonds is 6. The molecule has 0 fully saturated rings. The number of benzene rings is 1. The van der Waals surface area contributed by atoms with Crippen molar-refractivity contribution >= 4 is 27.6 Å². The Kier molecular flexibility index (Phi) is 5.60. The highest BCUT2D eigenvalue weighted by Crippen LogP contribution is 2.20. The first-order chi connectivity index (χ1) is 8.43. The van der Waals surface area contributed by atoms with Gasteiger partial charge in [0.15, 0.2) is 9.84 Å². The minimum absolute atomic E-state index is 0.211. The summed E-state index contributed by atoms with van der Waals surface area (Å²) in [6, 6.07) is 6.48. The van der Waals surface area contributed by atoms with E-state index in [1.807, 2.05) is 5.59 Å². The molecule has 1 rings (SSSR count). The zero-order chi connectivity index (χ0) is 13.6. The molecule has 0 spiro atoms. The summed E-state index contributed by atoms with van der Waals surface area (Å²) < 4.78 is 22.5. The lowest BCUT2D eigenvalue weighted by molar-refractivity contribution is -0.150.